The minimum Gasteiger partial charge on any atom is -0.483 e. The number of nitrogens with zero attached hydrogens (tertiary/aromatic N) is 3. The van der Waals surface area contributed by atoms with Crippen LogP contribution in [0.4, 0.5) is 5.69 Å². The maximum Gasteiger partial charge on any atom is 0.234 e. The van der Waals surface area contributed by atoms with Crippen LogP contribution >= 0.6 is 35.0 Å². The molecule has 0 radical (unpaired) electrons. The van der Waals surface area contributed by atoms with Crippen molar-refractivity contribution in [3.8, 4) is 5.75 Å². The summed E-state index contributed by atoms with van der Waals surface area (Å²) in [7, 11) is 0. The number of carbonyl (C=O) groups excluding carboxylic acids is 1. The van der Waals surface area contributed by atoms with Crippen LogP contribution in [-0.4, -0.2) is 26.4 Å². The molecule has 162 valence electrons. The Labute approximate surface area is 195 Å². The molecule has 0 fully saturated rings. The molecule has 0 saturated heterocycles. The molecular formula is C22H22Cl2N4O2S. The summed E-state index contributed by atoms with van der Waals surface area (Å²) < 4.78 is 7.92. The zero-order valence-electron chi connectivity index (χ0n) is 17.1. The lowest BCUT2D eigenvalue weighted by Gasteiger charge is -2.16. The fourth-order valence-corrected chi connectivity index (χ4v) is 3.81. The summed E-state index contributed by atoms with van der Waals surface area (Å²) in [5, 5.41) is 13.3. The Bertz CT molecular complexity index is 1070. The summed E-state index contributed by atoms with van der Waals surface area (Å²) in [4.78, 5) is 12.3. The maximum absolute atomic E-state index is 12.3. The molecule has 6 nitrogen and oxygen atoms in total. The van der Waals surface area contributed by atoms with Gasteiger partial charge in [0.1, 0.15) is 5.75 Å². The van der Waals surface area contributed by atoms with Crippen LogP contribution in [0.5, 0.6) is 5.75 Å². The van der Waals surface area contributed by atoms with Crippen LogP contribution in [0.2, 0.25) is 10.0 Å². The molecule has 9 heteroatoms. The molecule has 0 aliphatic carbocycles. The highest BCUT2D eigenvalue weighted by molar-refractivity contribution is 7.99. The molecule has 31 heavy (non-hydrogen) atoms. The van der Waals surface area contributed by atoms with Gasteiger partial charge in [-0.05, 0) is 61.9 Å². The fourth-order valence-electron chi connectivity index (χ4n) is 2.82. The van der Waals surface area contributed by atoms with E-state index in [1.165, 1.54) is 11.8 Å². The molecule has 3 aromatic rings. The van der Waals surface area contributed by atoms with Crippen LogP contribution in [0.1, 0.15) is 24.4 Å². The summed E-state index contributed by atoms with van der Waals surface area (Å²) in [5.74, 6) is 1.37. The van der Waals surface area contributed by atoms with Gasteiger partial charge in [0.2, 0.25) is 5.91 Å². The van der Waals surface area contributed by atoms with Crippen LogP contribution in [0, 0.1) is 6.92 Å². The number of nitrogens with one attached hydrogen (secondary N) is 1. The van der Waals surface area contributed by atoms with Gasteiger partial charge in [-0.2, -0.15) is 0 Å². The third kappa shape index (κ3) is 6.26. The minimum absolute atomic E-state index is 0.150. The van der Waals surface area contributed by atoms with E-state index in [9.17, 15) is 4.79 Å². The Morgan fingerprint density at radius 2 is 2.00 bits per heavy atom. The lowest BCUT2D eigenvalue weighted by atomic mass is 10.2. The van der Waals surface area contributed by atoms with Crippen LogP contribution < -0.4 is 10.1 Å². The number of rotatable bonds is 9. The van der Waals surface area contributed by atoms with Crippen molar-refractivity contribution in [2.45, 2.75) is 31.7 Å². The summed E-state index contributed by atoms with van der Waals surface area (Å²) in [5.41, 5.74) is 1.62. The van der Waals surface area contributed by atoms with Gasteiger partial charge in [-0.3, -0.25) is 9.36 Å². The van der Waals surface area contributed by atoms with Gasteiger partial charge in [-0.25, -0.2) is 0 Å². The number of allylic oxidation sites excluding steroid dienone is 1. The van der Waals surface area contributed by atoms with Crippen molar-refractivity contribution < 1.29 is 9.53 Å². The van der Waals surface area contributed by atoms with Gasteiger partial charge >= 0.3 is 0 Å². The van der Waals surface area contributed by atoms with Crippen LogP contribution in [0.25, 0.3) is 0 Å². The first-order valence-corrected chi connectivity index (χ1v) is 11.3. The number of benzene rings is 2. The Morgan fingerprint density at radius 1 is 1.26 bits per heavy atom. The first kappa shape index (κ1) is 23.2. The normalized spacial score (nSPS) is 11.7. The lowest BCUT2D eigenvalue weighted by Crippen LogP contribution is -2.15. The smallest absolute Gasteiger partial charge is 0.234 e. The molecule has 0 aliphatic rings. The van der Waals surface area contributed by atoms with Crippen molar-refractivity contribution in [1.29, 1.82) is 0 Å². The fraction of sp³-hybridized carbons (Fsp3) is 0.227. The highest BCUT2D eigenvalue weighted by Crippen LogP contribution is 2.27. The van der Waals surface area contributed by atoms with Gasteiger partial charge in [-0.1, -0.05) is 41.0 Å². The number of aryl methyl sites for hydroxylation is 1. The lowest BCUT2D eigenvalue weighted by molar-refractivity contribution is -0.113. The minimum atomic E-state index is -0.356. The molecular weight excluding hydrogens is 455 g/mol. The highest BCUT2D eigenvalue weighted by atomic mass is 35.5. The quantitative estimate of drug-likeness (QED) is 0.305. The van der Waals surface area contributed by atoms with E-state index in [4.69, 9.17) is 27.9 Å². The zero-order valence-corrected chi connectivity index (χ0v) is 19.5. The predicted octanol–water partition coefficient (Wildman–Crippen LogP) is 5.95. The topological polar surface area (TPSA) is 69.0 Å². The van der Waals surface area contributed by atoms with E-state index in [-0.39, 0.29) is 17.8 Å². The van der Waals surface area contributed by atoms with Crippen LogP contribution in [0.15, 0.2) is 60.3 Å². The molecule has 3 rings (SSSR count). The predicted molar refractivity (Wildman–Crippen MR) is 126 cm³/mol. The second-order valence-electron chi connectivity index (χ2n) is 6.75. The molecule has 1 unspecified atom stereocenters. The number of carbonyl (C=O) groups is 1. The molecule has 0 spiro atoms. The average Bonchev–Trinajstić information content (AvgIpc) is 3.14. The molecule has 0 aliphatic heterocycles. The van der Waals surface area contributed by atoms with Gasteiger partial charge in [-0.15, -0.1) is 16.8 Å². The maximum atomic E-state index is 12.3. The van der Waals surface area contributed by atoms with Gasteiger partial charge in [0.15, 0.2) is 17.1 Å². The molecule has 0 bridgehead atoms. The van der Waals surface area contributed by atoms with E-state index in [1.807, 2.05) is 30.5 Å². The van der Waals surface area contributed by atoms with Gasteiger partial charge in [0.25, 0.3) is 0 Å². The van der Waals surface area contributed by atoms with Crippen molar-refractivity contribution in [3.05, 3.63) is 76.6 Å². The zero-order chi connectivity index (χ0) is 22.4. The largest absolute Gasteiger partial charge is 0.483 e. The van der Waals surface area contributed by atoms with Crippen molar-refractivity contribution >= 4 is 46.6 Å². The van der Waals surface area contributed by atoms with Crippen LogP contribution in [0.3, 0.4) is 0 Å². The SMILES string of the molecule is C=CCn1c(SCC(=O)Nc2ccc(Cl)cc2)nnc1C(C)Oc1ccc(Cl)c(C)c1. The van der Waals surface area contributed by atoms with E-state index in [1.54, 1.807) is 36.4 Å². The monoisotopic (exact) mass is 476 g/mol. The van der Waals surface area contributed by atoms with Crippen molar-refractivity contribution in [2.24, 2.45) is 0 Å². The van der Waals surface area contributed by atoms with E-state index in [2.05, 4.69) is 22.1 Å². The number of halogens is 2. The number of amides is 1. The molecule has 0 saturated carbocycles. The van der Waals surface area contributed by atoms with Crippen molar-refractivity contribution in [2.75, 3.05) is 11.1 Å². The van der Waals surface area contributed by atoms with E-state index in [0.29, 0.717) is 39.0 Å². The summed E-state index contributed by atoms with van der Waals surface area (Å²) in [6, 6.07) is 12.4. The third-order valence-corrected chi connectivity index (χ3v) is 5.97. The Kier molecular flexibility index (Phi) is 8.01. The standard InChI is InChI=1S/C22H22Cl2N4O2S/c1-4-11-28-21(15(3)30-18-9-10-19(24)14(2)12-18)26-27-22(28)31-13-20(29)25-17-7-5-16(23)6-8-17/h4-10,12,15H,1,11,13H2,2-3H3,(H,25,29). The second-order valence-corrected chi connectivity index (χ2v) is 8.54. The van der Waals surface area contributed by atoms with Crippen molar-refractivity contribution in [1.82, 2.24) is 14.8 Å². The van der Waals surface area contributed by atoms with Gasteiger partial charge in [0, 0.05) is 22.3 Å². The molecule has 2 aromatic carbocycles. The van der Waals surface area contributed by atoms with Gasteiger partial charge < -0.3 is 10.1 Å². The molecule has 1 heterocycles. The first-order chi connectivity index (χ1) is 14.9. The van der Waals surface area contributed by atoms with E-state index in [0.717, 1.165) is 5.56 Å². The second kappa shape index (κ2) is 10.7. The van der Waals surface area contributed by atoms with Crippen molar-refractivity contribution in [3.63, 3.8) is 0 Å². The number of anilines is 1. The number of thioether (sulfide) groups is 1. The molecule has 1 atom stereocenters. The summed E-state index contributed by atoms with van der Waals surface area (Å²) >= 11 is 13.3. The van der Waals surface area contributed by atoms with E-state index < -0.39 is 0 Å². The number of hydrogen-bond acceptors (Lipinski definition) is 5. The average molecular weight is 477 g/mol. The van der Waals surface area contributed by atoms with Crippen LogP contribution in [-0.2, 0) is 11.3 Å². The first-order valence-electron chi connectivity index (χ1n) is 9.52. The Balaban J connectivity index is 1.67. The highest BCUT2D eigenvalue weighted by Gasteiger charge is 2.20. The number of aromatic nitrogens is 3. The summed E-state index contributed by atoms with van der Waals surface area (Å²) in [6.07, 6.45) is 1.40. The molecule has 1 aromatic heterocycles. The van der Waals surface area contributed by atoms with Gasteiger partial charge in [0.05, 0.1) is 5.75 Å². The Morgan fingerprint density at radius 3 is 2.68 bits per heavy atom. The summed E-state index contributed by atoms with van der Waals surface area (Å²) in [6.45, 7) is 8.12. The van der Waals surface area contributed by atoms with E-state index >= 15 is 0 Å². The molecule has 1 amide bonds. The number of hydrogen-bond donors (Lipinski definition) is 1. The molecule has 1 N–H and O–H groups in total. The number of ether oxygens (including phenoxy) is 1. The third-order valence-electron chi connectivity index (χ3n) is 4.32. The Hall–Kier alpha value is -2.48.